The van der Waals surface area contributed by atoms with E-state index in [9.17, 15) is 18.0 Å². The molecule has 0 fully saturated rings. The highest BCUT2D eigenvalue weighted by molar-refractivity contribution is 7.93. The van der Waals surface area contributed by atoms with Gasteiger partial charge in [-0.15, -0.1) is 0 Å². The fraction of sp³-hybridized carbons (Fsp3) is 0.200. The van der Waals surface area contributed by atoms with Crippen LogP contribution in [-0.2, 0) is 19.6 Å². The molecule has 0 saturated carbocycles. The SMILES string of the molecule is CCOc1ccccc1NC(=O)C[C@@H]1C(=O)Nc2ccccc2N1S(=O)(=O)c1ccc(C)cc1. The molecule has 3 aromatic carbocycles. The largest absolute Gasteiger partial charge is 0.492 e. The first kappa shape index (κ1) is 23.3. The smallest absolute Gasteiger partial charge is 0.265 e. The summed E-state index contributed by atoms with van der Waals surface area (Å²) in [4.78, 5) is 26.1. The first-order valence-electron chi connectivity index (χ1n) is 10.8. The molecule has 4 rings (SSSR count). The van der Waals surface area contributed by atoms with E-state index in [1.807, 2.05) is 13.8 Å². The number of hydrogen-bond donors (Lipinski definition) is 2. The van der Waals surface area contributed by atoms with Crippen LogP contribution in [0.2, 0.25) is 0 Å². The Balaban J connectivity index is 1.70. The minimum absolute atomic E-state index is 0.0368. The molecule has 9 heteroatoms. The summed E-state index contributed by atoms with van der Waals surface area (Å²) >= 11 is 0. The molecule has 176 valence electrons. The van der Waals surface area contributed by atoms with Crippen molar-refractivity contribution >= 4 is 38.9 Å². The van der Waals surface area contributed by atoms with Crippen LogP contribution >= 0.6 is 0 Å². The van der Waals surface area contributed by atoms with Crippen LogP contribution in [0.15, 0.2) is 77.7 Å². The summed E-state index contributed by atoms with van der Waals surface area (Å²) in [7, 11) is -4.14. The van der Waals surface area contributed by atoms with Crippen molar-refractivity contribution < 1.29 is 22.7 Å². The standard InChI is InChI=1S/C25H25N3O5S/c1-3-33-23-11-7-5-9-20(23)26-24(29)16-22-25(30)27-19-8-4-6-10-21(19)28(22)34(31,32)18-14-12-17(2)13-15-18/h4-15,22H,3,16H2,1-2H3,(H,26,29)(H,27,30)/t22-/m1/s1. The molecule has 0 unspecified atom stereocenters. The van der Waals surface area contributed by atoms with Gasteiger partial charge in [-0.25, -0.2) is 8.42 Å². The summed E-state index contributed by atoms with van der Waals surface area (Å²) < 4.78 is 34.0. The topological polar surface area (TPSA) is 105 Å². The van der Waals surface area contributed by atoms with Crippen molar-refractivity contribution in [1.29, 1.82) is 0 Å². The number of carbonyl (C=O) groups excluding carboxylic acids is 2. The van der Waals surface area contributed by atoms with Crippen LogP contribution < -0.4 is 19.7 Å². The fourth-order valence-electron chi connectivity index (χ4n) is 3.79. The number of ether oxygens (including phenoxy) is 1. The van der Waals surface area contributed by atoms with Crippen LogP contribution in [0, 0.1) is 6.92 Å². The number of aryl methyl sites for hydroxylation is 1. The molecule has 34 heavy (non-hydrogen) atoms. The van der Waals surface area contributed by atoms with Crippen LogP contribution in [0.3, 0.4) is 0 Å². The Kier molecular flexibility index (Phi) is 6.56. The van der Waals surface area contributed by atoms with Crippen LogP contribution in [-0.4, -0.2) is 32.9 Å². The van der Waals surface area contributed by atoms with Gasteiger partial charge in [-0.2, -0.15) is 0 Å². The maximum absolute atomic E-state index is 13.7. The number of amides is 2. The molecular formula is C25H25N3O5S. The van der Waals surface area contributed by atoms with Crippen molar-refractivity contribution in [3.63, 3.8) is 0 Å². The minimum atomic E-state index is -4.14. The summed E-state index contributed by atoms with van der Waals surface area (Å²) in [5, 5.41) is 5.46. The number of para-hydroxylation sites is 4. The van der Waals surface area contributed by atoms with E-state index in [1.165, 1.54) is 12.1 Å². The second-order valence-electron chi connectivity index (χ2n) is 7.82. The predicted octanol–water partition coefficient (Wildman–Crippen LogP) is 3.94. The number of sulfonamides is 1. The quantitative estimate of drug-likeness (QED) is 0.534. The number of benzene rings is 3. The maximum atomic E-state index is 13.7. The molecular weight excluding hydrogens is 454 g/mol. The first-order chi connectivity index (χ1) is 16.3. The molecule has 0 radical (unpaired) electrons. The summed E-state index contributed by atoms with van der Waals surface area (Å²) in [5.41, 5.74) is 2.01. The fourth-order valence-corrected chi connectivity index (χ4v) is 5.42. The van der Waals surface area contributed by atoms with Gasteiger partial charge in [0.15, 0.2) is 0 Å². The third-order valence-corrected chi connectivity index (χ3v) is 7.24. The number of carbonyl (C=O) groups is 2. The van der Waals surface area contributed by atoms with Crippen LogP contribution in [0.4, 0.5) is 17.1 Å². The molecule has 0 spiro atoms. The Labute approximate surface area is 198 Å². The molecule has 8 nitrogen and oxygen atoms in total. The minimum Gasteiger partial charge on any atom is -0.492 e. The average molecular weight is 480 g/mol. The lowest BCUT2D eigenvalue weighted by Gasteiger charge is -2.36. The second-order valence-corrected chi connectivity index (χ2v) is 9.63. The molecule has 0 aliphatic carbocycles. The summed E-state index contributed by atoms with van der Waals surface area (Å²) in [6.07, 6.45) is -0.383. The Hall–Kier alpha value is -3.85. The highest BCUT2D eigenvalue weighted by atomic mass is 32.2. The van der Waals surface area contributed by atoms with Crippen molar-refractivity contribution in [2.24, 2.45) is 0 Å². The van der Waals surface area contributed by atoms with E-state index in [1.54, 1.807) is 60.7 Å². The van der Waals surface area contributed by atoms with Crippen molar-refractivity contribution in [3.8, 4) is 5.75 Å². The number of nitrogens with one attached hydrogen (secondary N) is 2. The lowest BCUT2D eigenvalue weighted by molar-refractivity contribution is -0.122. The molecule has 1 atom stereocenters. The number of fused-ring (bicyclic) bond motifs is 1. The van der Waals surface area contributed by atoms with E-state index < -0.39 is 27.9 Å². The highest BCUT2D eigenvalue weighted by Gasteiger charge is 2.42. The number of anilines is 3. The number of nitrogens with zero attached hydrogens (tertiary/aromatic N) is 1. The van der Waals surface area contributed by atoms with E-state index in [0.717, 1.165) is 9.87 Å². The maximum Gasteiger partial charge on any atom is 0.265 e. The summed E-state index contributed by atoms with van der Waals surface area (Å²) in [6.45, 7) is 4.10. The predicted molar refractivity (Wildman–Crippen MR) is 131 cm³/mol. The monoisotopic (exact) mass is 479 g/mol. The summed E-state index contributed by atoms with van der Waals surface area (Å²) in [6, 6.07) is 18.6. The van der Waals surface area contributed by atoms with Gasteiger partial charge in [-0.1, -0.05) is 42.0 Å². The third kappa shape index (κ3) is 4.60. The lowest BCUT2D eigenvalue weighted by Crippen LogP contribution is -2.52. The molecule has 2 N–H and O–H groups in total. The Morgan fingerprint density at radius 1 is 1.03 bits per heavy atom. The van der Waals surface area contributed by atoms with Crippen LogP contribution in [0.5, 0.6) is 5.75 Å². The van der Waals surface area contributed by atoms with Crippen molar-refractivity contribution in [2.75, 3.05) is 21.5 Å². The molecule has 1 aliphatic rings. The Bertz CT molecular complexity index is 1320. The number of rotatable bonds is 7. The van der Waals surface area contributed by atoms with Gasteiger partial charge in [0.25, 0.3) is 10.0 Å². The van der Waals surface area contributed by atoms with E-state index in [4.69, 9.17) is 4.74 Å². The summed E-state index contributed by atoms with van der Waals surface area (Å²) in [5.74, 6) is -0.612. The molecule has 0 bridgehead atoms. The average Bonchev–Trinajstić information content (AvgIpc) is 2.81. The van der Waals surface area contributed by atoms with Crippen molar-refractivity contribution in [2.45, 2.75) is 31.2 Å². The lowest BCUT2D eigenvalue weighted by atomic mass is 10.1. The van der Waals surface area contributed by atoms with E-state index in [0.29, 0.717) is 29.4 Å². The van der Waals surface area contributed by atoms with E-state index in [-0.39, 0.29) is 11.3 Å². The number of hydrogen-bond acceptors (Lipinski definition) is 5. The normalized spacial score (nSPS) is 15.3. The van der Waals surface area contributed by atoms with Gasteiger partial charge < -0.3 is 15.4 Å². The molecule has 1 aliphatic heterocycles. The van der Waals surface area contributed by atoms with Gasteiger partial charge in [0.05, 0.1) is 35.0 Å². The Morgan fingerprint density at radius 2 is 1.71 bits per heavy atom. The van der Waals surface area contributed by atoms with Crippen LogP contribution in [0.1, 0.15) is 18.9 Å². The van der Waals surface area contributed by atoms with Gasteiger partial charge in [-0.05, 0) is 50.2 Å². The van der Waals surface area contributed by atoms with E-state index in [2.05, 4.69) is 10.6 Å². The van der Waals surface area contributed by atoms with E-state index >= 15 is 0 Å². The molecule has 3 aromatic rings. The van der Waals surface area contributed by atoms with Gasteiger partial charge in [0.2, 0.25) is 11.8 Å². The zero-order valence-electron chi connectivity index (χ0n) is 18.8. The Morgan fingerprint density at radius 3 is 2.44 bits per heavy atom. The van der Waals surface area contributed by atoms with Crippen molar-refractivity contribution in [3.05, 3.63) is 78.4 Å². The van der Waals surface area contributed by atoms with Crippen molar-refractivity contribution in [1.82, 2.24) is 0 Å². The molecule has 0 aromatic heterocycles. The highest BCUT2D eigenvalue weighted by Crippen LogP contribution is 2.37. The zero-order chi connectivity index (χ0) is 24.3. The first-order valence-corrected chi connectivity index (χ1v) is 12.3. The van der Waals surface area contributed by atoms with Gasteiger partial charge in [0, 0.05) is 0 Å². The van der Waals surface area contributed by atoms with Gasteiger partial charge in [0.1, 0.15) is 11.8 Å². The molecule has 2 amide bonds. The molecule has 1 heterocycles. The second kappa shape index (κ2) is 9.56. The zero-order valence-corrected chi connectivity index (χ0v) is 19.6. The van der Waals surface area contributed by atoms with Gasteiger partial charge in [-0.3, -0.25) is 13.9 Å². The van der Waals surface area contributed by atoms with Gasteiger partial charge >= 0.3 is 0 Å². The third-order valence-electron chi connectivity index (χ3n) is 5.40. The molecule has 0 saturated heterocycles. The van der Waals surface area contributed by atoms with Crippen LogP contribution in [0.25, 0.3) is 0 Å².